The van der Waals surface area contributed by atoms with Crippen LogP contribution in [0.2, 0.25) is 0 Å². The van der Waals surface area contributed by atoms with Crippen molar-refractivity contribution in [1.82, 2.24) is 4.72 Å². The maximum Gasteiger partial charge on any atom is 0.312 e. The number of benzene rings is 1. The molecule has 0 aromatic heterocycles. The highest BCUT2D eigenvalue weighted by Crippen LogP contribution is 2.29. The van der Waals surface area contributed by atoms with Gasteiger partial charge in [0.15, 0.2) is 5.75 Å². The molecule has 1 aromatic carbocycles. The Morgan fingerprint density at radius 2 is 2.20 bits per heavy atom. The fourth-order valence-corrected chi connectivity index (χ4v) is 2.75. The first-order valence-electron chi connectivity index (χ1n) is 5.53. The zero-order chi connectivity index (χ0) is 15.3. The first-order chi connectivity index (χ1) is 9.31. The normalized spacial score (nSPS) is 12.4. The number of nitrogens with zero attached hydrogens (tertiary/aromatic N) is 2. The average Bonchev–Trinajstić information content (AvgIpc) is 2.37. The maximum absolute atomic E-state index is 12.0. The molecule has 0 aliphatic carbocycles. The number of nitriles is 1. The summed E-state index contributed by atoms with van der Waals surface area (Å²) in [6.45, 7) is 1.53. The largest absolute Gasteiger partial charge is 0.490 e. The SMILES string of the molecule is COc1ccc(S(=O)(=O)NC(C)CC#N)cc1[N+](=O)[O-]. The van der Waals surface area contributed by atoms with E-state index in [0.29, 0.717) is 0 Å². The van der Waals surface area contributed by atoms with Crippen LogP contribution in [0.4, 0.5) is 5.69 Å². The summed E-state index contributed by atoms with van der Waals surface area (Å²) >= 11 is 0. The van der Waals surface area contributed by atoms with Gasteiger partial charge in [-0.2, -0.15) is 5.26 Å². The number of nitro groups is 1. The third kappa shape index (κ3) is 3.66. The molecule has 0 spiro atoms. The van der Waals surface area contributed by atoms with Gasteiger partial charge in [-0.3, -0.25) is 10.1 Å². The van der Waals surface area contributed by atoms with Gasteiger partial charge in [-0.05, 0) is 19.1 Å². The summed E-state index contributed by atoms with van der Waals surface area (Å²) in [6.07, 6.45) is -0.00250. The first kappa shape index (κ1) is 15.9. The lowest BCUT2D eigenvalue weighted by Gasteiger charge is -2.11. The average molecular weight is 299 g/mol. The van der Waals surface area contributed by atoms with E-state index in [1.54, 1.807) is 0 Å². The van der Waals surface area contributed by atoms with Crippen LogP contribution in [-0.4, -0.2) is 26.5 Å². The highest BCUT2D eigenvalue weighted by atomic mass is 32.2. The van der Waals surface area contributed by atoms with Gasteiger partial charge >= 0.3 is 5.69 Å². The van der Waals surface area contributed by atoms with Crippen LogP contribution >= 0.6 is 0 Å². The number of sulfonamides is 1. The van der Waals surface area contributed by atoms with Crippen LogP contribution in [0.15, 0.2) is 23.1 Å². The van der Waals surface area contributed by atoms with E-state index in [1.807, 2.05) is 6.07 Å². The molecule has 0 aliphatic rings. The van der Waals surface area contributed by atoms with Gasteiger partial charge in [0.25, 0.3) is 0 Å². The number of rotatable bonds is 6. The van der Waals surface area contributed by atoms with Crippen molar-refractivity contribution in [2.75, 3.05) is 7.11 Å². The Bertz CT molecular complexity index is 651. The van der Waals surface area contributed by atoms with E-state index in [2.05, 4.69) is 4.72 Å². The Balaban J connectivity index is 3.17. The molecule has 0 amide bonds. The second-order valence-electron chi connectivity index (χ2n) is 3.98. The summed E-state index contributed by atoms with van der Waals surface area (Å²) in [5, 5.41) is 19.4. The fraction of sp³-hybridized carbons (Fsp3) is 0.364. The molecule has 0 saturated heterocycles. The van der Waals surface area contributed by atoms with Gasteiger partial charge in [0, 0.05) is 12.1 Å². The fourth-order valence-electron chi connectivity index (χ4n) is 1.49. The standard InChI is InChI=1S/C11H13N3O5S/c1-8(5-6-12)13-20(17,18)9-3-4-11(19-2)10(7-9)14(15)16/h3-4,7-8,13H,5H2,1-2H3. The minimum absolute atomic E-state index is 0.00250. The lowest BCUT2D eigenvalue weighted by molar-refractivity contribution is -0.386. The monoisotopic (exact) mass is 299 g/mol. The van der Waals surface area contributed by atoms with Gasteiger partial charge in [0.05, 0.1) is 29.4 Å². The lowest BCUT2D eigenvalue weighted by atomic mass is 10.3. The summed E-state index contributed by atoms with van der Waals surface area (Å²) in [5.41, 5.74) is -0.441. The summed E-state index contributed by atoms with van der Waals surface area (Å²) in [5.74, 6) is -0.0287. The summed E-state index contributed by atoms with van der Waals surface area (Å²) in [7, 11) is -2.67. The molecule has 8 nitrogen and oxygen atoms in total. The Hall–Kier alpha value is -2.18. The number of methoxy groups -OCH3 is 1. The van der Waals surface area contributed by atoms with E-state index in [-0.39, 0.29) is 17.1 Å². The van der Waals surface area contributed by atoms with Crippen LogP contribution in [-0.2, 0) is 10.0 Å². The van der Waals surface area contributed by atoms with Gasteiger partial charge in [-0.25, -0.2) is 13.1 Å². The summed E-state index contributed by atoms with van der Waals surface area (Å²) in [6, 6.07) is 4.57. The molecule has 20 heavy (non-hydrogen) atoms. The van der Waals surface area contributed by atoms with Crippen LogP contribution in [0, 0.1) is 21.4 Å². The van der Waals surface area contributed by atoms with Crippen molar-refractivity contribution in [1.29, 1.82) is 5.26 Å². The van der Waals surface area contributed by atoms with Gasteiger partial charge in [0.2, 0.25) is 10.0 Å². The molecule has 1 unspecified atom stereocenters. The zero-order valence-electron chi connectivity index (χ0n) is 10.9. The number of hydrogen-bond acceptors (Lipinski definition) is 6. The van der Waals surface area contributed by atoms with E-state index in [4.69, 9.17) is 10.00 Å². The van der Waals surface area contributed by atoms with Crippen molar-refractivity contribution in [2.45, 2.75) is 24.3 Å². The van der Waals surface area contributed by atoms with E-state index < -0.39 is 26.7 Å². The van der Waals surface area contributed by atoms with Crippen LogP contribution in [0.5, 0.6) is 5.75 Å². The van der Waals surface area contributed by atoms with Gasteiger partial charge < -0.3 is 4.74 Å². The number of ether oxygens (including phenoxy) is 1. The van der Waals surface area contributed by atoms with Crippen LogP contribution in [0.25, 0.3) is 0 Å². The van der Waals surface area contributed by atoms with Gasteiger partial charge in [0.1, 0.15) is 0 Å². The van der Waals surface area contributed by atoms with Crippen LogP contribution < -0.4 is 9.46 Å². The Kier molecular flexibility index (Phi) is 5.01. The van der Waals surface area contributed by atoms with E-state index in [1.165, 1.54) is 26.2 Å². The lowest BCUT2D eigenvalue weighted by Crippen LogP contribution is -2.32. The summed E-state index contributed by atoms with van der Waals surface area (Å²) in [4.78, 5) is 9.87. The van der Waals surface area contributed by atoms with Crippen molar-refractivity contribution in [3.05, 3.63) is 28.3 Å². The molecule has 108 valence electrons. The van der Waals surface area contributed by atoms with E-state index in [9.17, 15) is 18.5 Å². The van der Waals surface area contributed by atoms with Crippen molar-refractivity contribution in [3.63, 3.8) is 0 Å². The quantitative estimate of drug-likeness (QED) is 0.621. The topological polar surface area (TPSA) is 122 Å². The molecule has 0 heterocycles. The smallest absolute Gasteiger partial charge is 0.312 e. The Morgan fingerprint density at radius 1 is 1.55 bits per heavy atom. The molecule has 1 atom stereocenters. The Morgan fingerprint density at radius 3 is 2.70 bits per heavy atom. The summed E-state index contributed by atoms with van der Waals surface area (Å²) < 4.78 is 31.1. The van der Waals surface area contributed by atoms with Crippen LogP contribution in [0.1, 0.15) is 13.3 Å². The predicted octanol–water partition coefficient (Wildman–Crippen LogP) is 1.18. The third-order valence-electron chi connectivity index (χ3n) is 2.41. The van der Waals surface area contributed by atoms with Gasteiger partial charge in [-0.15, -0.1) is 0 Å². The predicted molar refractivity (Wildman–Crippen MR) is 69.7 cm³/mol. The molecule has 0 bridgehead atoms. The third-order valence-corrected chi connectivity index (χ3v) is 4.00. The highest BCUT2D eigenvalue weighted by Gasteiger charge is 2.23. The van der Waals surface area contributed by atoms with Crippen molar-refractivity contribution in [2.24, 2.45) is 0 Å². The molecule has 0 radical (unpaired) electrons. The first-order valence-corrected chi connectivity index (χ1v) is 7.02. The van der Waals surface area contributed by atoms with Crippen LogP contribution in [0.3, 0.4) is 0 Å². The molecule has 1 rings (SSSR count). The zero-order valence-corrected chi connectivity index (χ0v) is 11.7. The molecule has 0 saturated carbocycles. The van der Waals surface area contributed by atoms with E-state index >= 15 is 0 Å². The number of hydrogen-bond donors (Lipinski definition) is 1. The van der Waals surface area contributed by atoms with Crippen molar-refractivity contribution >= 4 is 15.7 Å². The molecule has 1 N–H and O–H groups in total. The molecule has 9 heteroatoms. The molecule has 0 aliphatic heterocycles. The second kappa shape index (κ2) is 6.31. The highest BCUT2D eigenvalue weighted by molar-refractivity contribution is 7.89. The Labute approximate surface area is 116 Å². The molecular formula is C11H13N3O5S. The maximum atomic E-state index is 12.0. The van der Waals surface area contributed by atoms with Crippen molar-refractivity contribution in [3.8, 4) is 11.8 Å². The molecule has 0 fully saturated rings. The molecular weight excluding hydrogens is 286 g/mol. The van der Waals surface area contributed by atoms with Crippen molar-refractivity contribution < 1.29 is 18.1 Å². The number of nitro benzene ring substituents is 1. The minimum Gasteiger partial charge on any atom is -0.490 e. The van der Waals surface area contributed by atoms with E-state index in [0.717, 1.165) is 6.07 Å². The minimum atomic E-state index is -3.92. The van der Waals surface area contributed by atoms with Gasteiger partial charge in [-0.1, -0.05) is 0 Å². The number of nitrogens with one attached hydrogen (secondary N) is 1. The molecule has 1 aromatic rings. The second-order valence-corrected chi connectivity index (χ2v) is 5.69.